The van der Waals surface area contributed by atoms with Crippen LogP contribution in [-0.4, -0.2) is 30.0 Å². The van der Waals surface area contributed by atoms with E-state index in [1.807, 2.05) is 29.2 Å². The first-order chi connectivity index (χ1) is 10.2. The summed E-state index contributed by atoms with van der Waals surface area (Å²) < 4.78 is 5.18. The Morgan fingerprint density at radius 1 is 1.43 bits per heavy atom. The van der Waals surface area contributed by atoms with Crippen molar-refractivity contribution in [1.82, 2.24) is 4.90 Å². The van der Waals surface area contributed by atoms with Crippen LogP contribution in [0, 0.1) is 11.3 Å². The highest BCUT2D eigenvalue weighted by Gasteiger charge is 2.20. The molecule has 2 rings (SSSR count). The van der Waals surface area contributed by atoms with Gasteiger partial charge in [0.25, 0.3) is 0 Å². The Balaban J connectivity index is 1.94. The summed E-state index contributed by atoms with van der Waals surface area (Å²) in [5, 5.41) is 8.44. The Bertz CT molecular complexity index is 543. The van der Waals surface area contributed by atoms with E-state index in [0.717, 1.165) is 24.9 Å². The lowest BCUT2D eigenvalue weighted by molar-refractivity contribution is -0.129. The highest BCUT2D eigenvalue weighted by molar-refractivity contribution is 5.92. The molecule has 1 heterocycles. The van der Waals surface area contributed by atoms with Crippen molar-refractivity contribution in [3.8, 4) is 11.8 Å². The number of ether oxygens (including phenoxy) is 1. The normalized spacial score (nSPS) is 18.5. The summed E-state index contributed by atoms with van der Waals surface area (Å²) in [6.07, 6.45) is 6.84. The number of hydrogen-bond donors (Lipinski definition) is 0. The second-order valence-corrected chi connectivity index (χ2v) is 5.23. The van der Waals surface area contributed by atoms with Gasteiger partial charge in [-0.15, -0.1) is 0 Å². The lowest BCUT2D eigenvalue weighted by atomic mass is 10.0. The van der Waals surface area contributed by atoms with Crippen molar-refractivity contribution < 1.29 is 9.53 Å². The molecule has 0 aromatic heterocycles. The summed E-state index contributed by atoms with van der Waals surface area (Å²) in [4.78, 5) is 14.1. The topological polar surface area (TPSA) is 53.3 Å². The second-order valence-electron chi connectivity index (χ2n) is 5.23. The van der Waals surface area contributed by atoms with Crippen LogP contribution in [0.5, 0.6) is 5.75 Å². The molecule has 1 unspecified atom stereocenters. The largest absolute Gasteiger partial charge is 0.479 e. The maximum Gasteiger partial charge on any atom is 0.246 e. The number of nitrogens with zero attached hydrogens (tertiary/aromatic N) is 2. The molecule has 1 aromatic rings. The summed E-state index contributed by atoms with van der Waals surface area (Å²) >= 11 is 0. The van der Waals surface area contributed by atoms with Crippen molar-refractivity contribution >= 4 is 12.0 Å². The summed E-state index contributed by atoms with van der Waals surface area (Å²) in [5.41, 5.74) is 0.942. The van der Waals surface area contributed by atoms with E-state index >= 15 is 0 Å². The van der Waals surface area contributed by atoms with Gasteiger partial charge in [-0.2, -0.15) is 5.26 Å². The van der Waals surface area contributed by atoms with Gasteiger partial charge in [-0.3, -0.25) is 4.79 Å². The number of carbonyl (C=O) groups is 1. The smallest absolute Gasteiger partial charge is 0.246 e. The fourth-order valence-electron chi connectivity index (χ4n) is 2.48. The lowest BCUT2D eigenvalue weighted by Gasteiger charge is -2.32. The molecule has 1 aliphatic rings. The van der Waals surface area contributed by atoms with E-state index in [1.165, 1.54) is 6.42 Å². The summed E-state index contributed by atoms with van der Waals surface area (Å²) in [7, 11) is 0. The number of benzene rings is 1. The van der Waals surface area contributed by atoms with Crippen molar-refractivity contribution in [3.05, 3.63) is 35.9 Å². The van der Waals surface area contributed by atoms with E-state index in [0.29, 0.717) is 11.8 Å². The number of piperidine rings is 1. The molecule has 1 saturated heterocycles. The van der Waals surface area contributed by atoms with Gasteiger partial charge in [0.2, 0.25) is 5.91 Å². The molecule has 1 aromatic carbocycles. The van der Waals surface area contributed by atoms with Crippen LogP contribution in [0.3, 0.4) is 0 Å². The fourth-order valence-corrected chi connectivity index (χ4v) is 2.48. The van der Waals surface area contributed by atoms with E-state index in [9.17, 15) is 4.79 Å². The quantitative estimate of drug-likeness (QED) is 0.799. The van der Waals surface area contributed by atoms with Crippen molar-refractivity contribution in [2.24, 2.45) is 0 Å². The molecule has 1 fully saturated rings. The summed E-state index contributed by atoms with van der Waals surface area (Å²) in [5.74, 6) is 0.733. The molecule has 0 saturated carbocycles. The molecule has 4 nitrogen and oxygen atoms in total. The van der Waals surface area contributed by atoms with Crippen LogP contribution in [0.1, 0.15) is 31.7 Å². The predicted molar refractivity (Wildman–Crippen MR) is 81.6 cm³/mol. The van der Waals surface area contributed by atoms with Crippen molar-refractivity contribution in [1.29, 1.82) is 5.26 Å². The molecular weight excluding hydrogens is 264 g/mol. The van der Waals surface area contributed by atoms with E-state index in [2.05, 4.69) is 6.92 Å². The zero-order valence-electron chi connectivity index (χ0n) is 12.3. The Labute approximate surface area is 125 Å². The number of likely N-dealkylation sites (tertiary alicyclic amines) is 1. The second kappa shape index (κ2) is 7.49. The molecule has 1 aliphatic heterocycles. The van der Waals surface area contributed by atoms with Gasteiger partial charge in [-0.25, -0.2) is 0 Å². The van der Waals surface area contributed by atoms with Crippen LogP contribution in [0.4, 0.5) is 0 Å². The average Bonchev–Trinajstić information content (AvgIpc) is 2.52. The van der Waals surface area contributed by atoms with Crippen LogP contribution in [-0.2, 0) is 4.79 Å². The first kappa shape index (κ1) is 15.1. The van der Waals surface area contributed by atoms with E-state index < -0.39 is 0 Å². The third-order valence-electron chi connectivity index (χ3n) is 3.69. The monoisotopic (exact) mass is 284 g/mol. The zero-order chi connectivity index (χ0) is 15.1. The Hall–Kier alpha value is -2.28. The maximum absolute atomic E-state index is 12.2. The molecule has 0 bridgehead atoms. The number of rotatable bonds is 4. The SMILES string of the molecule is CC1CCCCN1C(=O)C=Cc1ccc(OCC#N)cc1. The van der Waals surface area contributed by atoms with E-state index in [1.54, 1.807) is 18.2 Å². The number of hydrogen-bond acceptors (Lipinski definition) is 3. The minimum absolute atomic E-state index is 0.0422. The third kappa shape index (κ3) is 4.35. The molecule has 4 heteroatoms. The molecule has 110 valence electrons. The van der Waals surface area contributed by atoms with Gasteiger partial charge in [0.05, 0.1) is 0 Å². The number of amides is 1. The summed E-state index contributed by atoms with van der Waals surface area (Å²) in [6, 6.07) is 9.59. The van der Waals surface area contributed by atoms with Crippen LogP contribution in [0.25, 0.3) is 6.08 Å². The Morgan fingerprint density at radius 2 is 2.19 bits per heavy atom. The van der Waals surface area contributed by atoms with Crippen LogP contribution < -0.4 is 4.74 Å². The predicted octanol–water partition coefficient (Wildman–Crippen LogP) is 3.00. The first-order valence-corrected chi connectivity index (χ1v) is 7.29. The molecule has 0 spiro atoms. The van der Waals surface area contributed by atoms with Gasteiger partial charge in [-0.05, 0) is 50.0 Å². The van der Waals surface area contributed by atoms with Crippen LogP contribution in [0.2, 0.25) is 0 Å². The minimum atomic E-state index is 0.0422. The lowest BCUT2D eigenvalue weighted by Crippen LogP contribution is -2.41. The molecule has 1 amide bonds. The minimum Gasteiger partial charge on any atom is -0.479 e. The highest BCUT2D eigenvalue weighted by atomic mass is 16.5. The van der Waals surface area contributed by atoms with Gasteiger partial charge in [0, 0.05) is 18.7 Å². The van der Waals surface area contributed by atoms with Gasteiger partial charge in [-0.1, -0.05) is 12.1 Å². The standard InChI is InChI=1S/C17H20N2O2/c1-14-4-2-3-12-19(14)17(20)10-7-15-5-8-16(9-6-15)21-13-11-18/h5-10,14H,2-4,12-13H2,1H3. The van der Waals surface area contributed by atoms with Gasteiger partial charge < -0.3 is 9.64 Å². The van der Waals surface area contributed by atoms with Crippen molar-refractivity contribution in [2.75, 3.05) is 13.2 Å². The van der Waals surface area contributed by atoms with Gasteiger partial charge in [0.1, 0.15) is 11.8 Å². The molecular formula is C17H20N2O2. The van der Waals surface area contributed by atoms with Gasteiger partial charge >= 0.3 is 0 Å². The Morgan fingerprint density at radius 3 is 2.86 bits per heavy atom. The summed E-state index contributed by atoms with van der Waals surface area (Å²) in [6.45, 7) is 3.00. The molecule has 0 N–H and O–H groups in total. The maximum atomic E-state index is 12.2. The van der Waals surface area contributed by atoms with Gasteiger partial charge in [0.15, 0.2) is 6.61 Å². The van der Waals surface area contributed by atoms with Crippen LogP contribution >= 0.6 is 0 Å². The van der Waals surface area contributed by atoms with E-state index in [4.69, 9.17) is 10.00 Å². The van der Waals surface area contributed by atoms with Crippen molar-refractivity contribution in [3.63, 3.8) is 0 Å². The first-order valence-electron chi connectivity index (χ1n) is 7.29. The van der Waals surface area contributed by atoms with Crippen molar-refractivity contribution in [2.45, 2.75) is 32.2 Å². The third-order valence-corrected chi connectivity index (χ3v) is 3.69. The fraction of sp³-hybridized carbons (Fsp3) is 0.412. The Kier molecular flexibility index (Phi) is 5.39. The van der Waals surface area contributed by atoms with Crippen LogP contribution in [0.15, 0.2) is 30.3 Å². The average molecular weight is 284 g/mol. The zero-order valence-corrected chi connectivity index (χ0v) is 12.3. The van der Waals surface area contributed by atoms with E-state index in [-0.39, 0.29) is 12.5 Å². The molecule has 0 aliphatic carbocycles. The number of carbonyl (C=O) groups excluding carboxylic acids is 1. The molecule has 21 heavy (non-hydrogen) atoms. The molecule has 1 atom stereocenters. The highest BCUT2D eigenvalue weighted by Crippen LogP contribution is 2.17. The molecule has 0 radical (unpaired) electrons. The number of nitriles is 1.